The summed E-state index contributed by atoms with van der Waals surface area (Å²) >= 11 is 12.1. The van der Waals surface area contributed by atoms with Gasteiger partial charge in [0.25, 0.3) is 0 Å². The van der Waals surface area contributed by atoms with E-state index in [1.807, 2.05) is 51.2 Å². The zero-order valence-corrected chi connectivity index (χ0v) is 16.9. The van der Waals surface area contributed by atoms with Crippen molar-refractivity contribution in [3.8, 4) is 0 Å². The molecule has 2 heterocycles. The number of hydrogen-bond donors (Lipinski definition) is 1. The van der Waals surface area contributed by atoms with Crippen LogP contribution in [0.15, 0.2) is 36.5 Å². The number of halogens is 2. The minimum absolute atomic E-state index is 0.115. The first kappa shape index (κ1) is 19.5. The summed E-state index contributed by atoms with van der Waals surface area (Å²) in [4.78, 5) is 12.5. The predicted molar refractivity (Wildman–Crippen MR) is 107 cm³/mol. The predicted octanol–water partition coefficient (Wildman–Crippen LogP) is 4.33. The van der Waals surface area contributed by atoms with Crippen LogP contribution in [0.5, 0.6) is 0 Å². The first-order chi connectivity index (χ1) is 12.8. The molecule has 1 N–H and O–H groups in total. The fraction of sp³-hybridized carbons (Fsp3) is 0.316. The zero-order chi connectivity index (χ0) is 19.6. The van der Waals surface area contributed by atoms with Gasteiger partial charge in [-0.05, 0) is 31.5 Å². The molecule has 0 fully saturated rings. The van der Waals surface area contributed by atoms with Gasteiger partial charge in [0.2, 0.25) is 5.91 Å². The Hall–Kier alpha value is -2.31. The maximum atomic E-state index is 12.5. The van der Waals surface area contributed by atoms with Crippen molar-refractivity contribution >= 4 is 34.9 Å². The number of amides is 1. The van der Waals surface area contributed by atoms with E-state index in [0.717, 1.165) is 17.0 Å². The zero-order valence-electron chi connectivity index (χ0n) is 15.4. The van der Waals surface area contributed by atoms with Gasteiger partial charge in [-0.3, -0.25) is 14.2 Å². The highest BCUT2D eigenvalue weighted by Gasteiger charge is 2.18. The molecule has 3 rings (SSSR count). The Bertz CT molecular complexity index is 946. The second-order valence-corrected chi connectivity index (χ2v) is 7.40. The van der Waals surface area contributed by atoms with Gasteiger partial charge in [0.15, 0.2) is 5.82 Å². The Morgan fingerprint density at radius 3 is 2.48 bits per heavy atom. The Labute approximate surface area is 168 Å². The van der Waals surface area contributed by atoms with E-state index in [2.05, 4.69) is 15.5 Å². The molecule has 1 amide bonds. The molecular weight excluding hydrogens is 385 g/mol. The third kappa shape index (κ3) is 4.70. The molecule has 1 aromatic carbocycles. The summed E-state index contributed by atoms with van der Waals surface area (Å²) in [7, 11) is 0. The van der Waals surface area contributed by atoms with Gasteiger partial charge in [-0.1, -0.05) is 42.3 Å². The Morgan fingerprint density at radius 2 is 1.85 bits per heavy atom. The van der Waals surface area contributed by atoms with Crippen molar-refractivity contribution in [3.63, 3.8) is 0 Å². The van der Waals surface area contributed by atoms with E-state index in [1.54, 1.807) is 15.4 Å². The van der Waals surface area contributed by atoms with E-state index >= 15 is 0 Å². The van der Waals surface area contributed by atoms with Crippen molar-refractivity contribution in [2.45, 2.75) is 33.9 Å². The van der Waals surface area contributed by atoms with Gasteiger partial charge >= 0.3 is 0 Å². The lowest BCUT2D eigenvalue weighted by Crippen LogP contribution is -2.25. The summed E-state index contributed by atoms with van der Waals surface area (Å²) in [6, 6.07) is 9.36. The fourth-order valence-corrected chi connectivity index (χ4v) is 3.00. The van der Waals surface area contributed by atoms with Crippen molar-refractivity contribution in [2.75, 3.05) is 5.32 Å². The van der Waals surface area contributed by atoms with Crippen molar-refractivity contribution in [1.82, 2.24) is 19.6 Å². The molecule has 142 valence electrons. The quantitative estimate of drug-likeness (QED) is 0.663. The van der Waals surface area contributed by atoms with Gasteiger partial charge in [-0.2, -0.15) is 10.2 Å². The largest absolute Gasteiger partial charge is 0.309 e. The van der Waals surface area contributed by atoms with Crippen molar-refractivity contribution < 1.29 is 4.79 Å². The van der Waals surface area contributed by atoms with Crippen LogP contribution < -0.4 is 5.32 Å². The summed E-state index contributed by atoms with van der Waals surface area (Å²) in [5.74, 6) is 0.128. The molecule has 0 saturated carbocycles. The third-order valence-electron chi connectivity index (χ3n) is 4.34. The van der Waals surface area contributed by atoms with Crippen LogP contribution in [-0.4, -0.2) is 25.5 Å². The molecule has 1 atom stereocenters. The average molecular weight is 406 g/mol. The van der Waals surface area contributed by atoms with Crippen molar-refractivity contribution in [3.05, 3.63) is 63.5 Å². The highest BCUT2D eigenvalue weighted by molar-refractivity contribution is 6.31. The molecule has 0 radical (unpaired) electrons. The summed E-state index contributed by atoms with van der Waals surface area (Å²) in [5, 5.41) is 13.0. The first-order valence-electron chi connectivity index (χ1n) is 8.61. The molecule has 6 nitrogen and oxygen atoms in total. The number of carbonyl (C=O) groups is 1. The molecular formula is C19H21Cl2N5O. The highest BCUT2D eigenvalue weighted by Crippen LogP contribution is 2.20. The molecule has 0 aliphatic carbocycles. The van der Waals surface area contributed by atoms with Gasteiger partial charge in [0, 0.05) is 17.3 Å². The minimum Gasteiger partial charge on any atom is -0.309 e. The molecule has 2 aromatic heterocycles. The van der Waals surface area contributed by atoms with Gasteiger partial charge in [-0.25, -0.2) is 0 Å². The molecule has 8 heteroatoms. The smallest absolute Gasteiger partial charge is 0.230 e. The van der Waals surface area contributed by atoms with E-state index in [1.165, 1.54) is 0 Å². The number of hydrogen-bond acceptors (Lipinski definition) is 3. The maximum absolute atomic E-state index is 12.5. The molecule has 0 spiro atoms. The topological polar surface area (TPSA) is 64.7 Å². The number of rotatable bonds is 6. The van der Waals surface area contributed by atoms with Gasteiger partial charge in [0.05, 0.1) is 35.4 Å². The van der Waals surface area contributed by atoms with Crippen LogP contribution in [0.3, 0.4) is 0 Å². The second-order valence-electron chi connectivity index (χ2n) is 6.58. The molecule has 0 saturated heterocycles. The number of nitrogens with one attached hydrogen (secondary N) is 1. The molecule has 0 bridgehead atoms. The van der Waals surface area contributed by atoms with Crippen LogP contribution in [0, 0.1) is 19.8 Å². The summed E-state index contributed by atoms with van der Waals surface area (Å²) in [6.07, 6.45) is 1.83. The maximum Gasteiger partial charge on any atom is 0.230 e. The molecule has 0 aliphatic heterocycles. The molecule has 0 aliphatic rings. The number of anilines is 1. The van der Waals surface area contributed by atoms with E-state index < -0.39 is 0 Å². The monoisotopic (exact) mass is 405 g/mol. The number of carbonyl (C=O) groups excluding carboxylic acids is 1. The van der Waals surface area contributed by atoms with Crippen LogP contribution in [0.25, 0.3) is 0 Å². The number of benzene rings is 1. The normalized spacial score (nSPS) is 12.2. The summed E-state index contributed by atoms with van der Waals surface area (Å²) in [5.41, 5.74) is 2.71. The van der Waals surface area contributed by atoms with Crippen LogP contribution >= 0.6 is 23.2 Å². The Balaban J connectivity index is 1.59. The SMILES string of the molecule is Cc1nn(CC(C)C(=O)Nc2ccn(Cc3ccc(Cl)cc3)n2)c(C)c1Cl. The Kier molecular flexibility index (Phi) is 5.87. The first-order valence-corrected chi connectivity index (χ1v) is 9.37. The van der Waals surface area contributed by atoms with Crippen LogP contribution in [0.4, 0.5) is 5.82 Å². The summed E-state index contributed by atoms with van der Waals surface area (Å²) < 4.78 is 3.53. The molecule has 1 unspecified atom stereocenters. The van der Waals surface area contributed by atoms with Crippen molar-refractivity contribution in [1.29, 1.82) is 0 Å². The van der Waals surface area contributed by atoms with Crippen LogP contribution in [0.2, 0.25) is 10.0 Å². The van der Waals surface area contributed by atoms with Gasteiger partial charge in [-0.15, -0.1) is 0 Å². The second kappa shape index (κ2) is 8.15. The van der Waals surface area contributed by atoms with E-state index in [-0.39, 0.29) is 11.8 Å². The summed E-state index contributed by atoms with van der Waals surface area (Å²) in [6.45, 7) is 6.66. The van der Waals surface area contributed by atoms with Gasteiger partial charge in [0.1, 0.15) is 0 Å². The van der Waals surface area contributed by atoms with Crippen LogP contribution in [-0.2, 0) is 17.9 Å². The molecule has 3 aromatic rings. The standard InChI is InChI=1S/C19H21Cl2N5O/c1-12(10-26-14(3)18(21)13(2)23-26)19(27)22-17-8-9-25(24-17)11-15-4-6-16(20)7-5-15/h4-9,12H,10-11H2,1-3H3,(H,22,24,27). The number of aromatic nitrogens is 4. The average Bonchev–Trinajstić information content (AvgIpc) is 3.17. The highest BCUT2D eigenvalue weighted by atomic mass is 35.5. The van der Waals surface area contributed by atoms with Crippen molar-refractivity contribution in [2.24, 2.45) is 5.92 Å². The third-order valence-corrected chi connectivity index (χ3v) is 5.14. The fourth-order valence-electron chi connectivity index (χ4n) is 2.74. The van der Waals surface area contributed by atoms with Crippen LogP contribution in [0.1, 0.15) is 23.9 Å². The van der Waals surface area contributed by atoms with E-state index in [4.69, 9.17) is 23.2 Å². The number of nitrogens with zero attached hydrogens (tertiary/aromatic N) is 4. The molecule has 27 heavy (non-hydrogen) atoms. The lowest BCUT2D eigenvalue weighted by atomic mass is 10.1. The lowest BCUT2D eigenvalue weighted by Gasteiger charge is -2.12. The minimum atomic E-state index is -0.277. The Morgan fingerprint density at radius 1 is 1.15 bits per heavy atom. The van der Waals surface area contributed by atoms with E-state index in [9.17, 15) is 4.79 Å². The van der Waals surface area contributed by atoms with Gasteiger partial charge < -0.3 is 5.32 Å². The number of aryl methyl sites for hydroxylation is 1. The lowest BCUT2D eigenvalue weighted by molar-refractivity contribution is -0.119. The van der Waals surface area contributed by atoms with E-state index in [0.29, 0.717) is 29.0 Å².